The van der Waals surface area contributed by atoms with E-state index in [1.54, 1.807) is 0 Å². The zero-order chi connectivity index (χ0) is 13.2. The van der Waals surface area contributed by atoms with E-state index in [1.807, 2.05) is 38.2 Å². The van der Waals surface area contributed by atoms with Crippen molar-refractivity contribution >= 4 is 43.3 Å². The molecule has 0 fully saturated rings. The molecule has 2 rings (SSSR count). The van der Waals surface area contributed by atoms with Crippen LogP contribution in [0.15, 0.2) is 29.2 Å². The molecule has 0 saturated carbocycles. The molecule has 0 aliphatic heterocycles. The zero-order valence-corrected chi connectivity index (χ0v) is 15.0. The van der Waals surface area contributed by atoms with Gasteiger partial charge in [0.15, 0.2) is 0 Å². The normalized spacial score (nSPS) is 10.6. The Morgan fingerprint density at radius 3 is 2.32 bits per heavy atom. The second kappa shape index (κ2) is 6.76. The number of hydrogen-bond donors (Lipinski definition) is 1. The van der Waals surface area contributed by atoms with Gasteiger partial charge in [-0.2, -0.15) is 9.39 Å². The fourth-order valence-electron chi connectivity index (χ4n) is 1.40. The fraction of sp³-hybridized carbons (Fsp3) is 0.167. The summed E-state index contributed by atoms with van der Waals surface area (Å²) in [6, 6.07) is 7.99. The number of benzene rings is 1. The molecule has 1 heterocycles. The van der Waals surface area contributed by atoms with Crippen LogP contribution in [0.25, 0.3) is 4.72 Å². The average Bonchev–Trinajstić information content (AvgIpc) is 2.74. The summed E-state index contributed by atoms with van der Waals surface area (Å²) in [5, 5.41) is 12.6. The molecule has 1 aromatic heterocycles. The standard InChI is InChI=1S/C12H15N4S2.Na/c1-9-14-15-12(17-9)16-18(3,4)11-7-5-10(13-2)6-8-11;/h5-8,13H,3-4H2,1-2H3;/q-1;+1. The van der Waals surface area contributed by atoms with Crippen LogP contribution in [0, 0.1) is 6.92 Å². The van der Waals surface area contributed by atoms with Gasteiger partial charge in [-0.3, -0.25) is 5.10 Å². The zero-order valence-electron chi connectivity index (χ0n) is 11.4. The maximum Gasteiger partial charge on any atom is 1.00 e. The van der Waals surface area contributed by atoms with Gasteiger partial charge in [-0.1, -0.05) is 11.7 Å². The first-order chi connectivity index (χ1) is 8.51. The van der Waals surface area contributed by atoms with Gasteiger partial charge < -0.3 is 15.1 Å². The molecule has 19 heavy (non-hydrogen) atoms. The van der Waals surface area contributed by atoms with Crippen LogP contribution in [0.4, 0.5) is 10.8 Å². The minimum absolute atomic E-state index is 0. The van der Waals surface area contributed by atoms with Crippen LogP contribution in [-0.4, -0.2) is 29.0 Å². The summed E-state index contributed by atoms with van der Waals surface area (Å²) < 4.78 is 4.52. The van der Waals surface area contributed by atoms with E-state index in [1.165, 1.54) is 11.3 Å². The summed E-state index contributed by atoms with van der Waals surface area (Å²) in [6.45, 7) is 1.90. The summed E-state index contributed by atoms with van der Waals surface area (Å²) in [5.41, 5.74) is 1.06. The third-order valence-electron chi connectivity index (χ3n) is 2.35. The molecule has 0 aliphatic carbocycles. The molecular formula is C12H15N4NaS2. The Balaban J connectivity index is 0.00000180. The molecule has 0 saturated heterocycles. The molecule has 0 radical (unpaired) electrons. The molecule has 1 aromatic carbocycles. The fourth-order valence-corrected chi connectivity index (χ4v) is 3.49. The quantitative estimate of drug-likeness (QED) is 0.662. The van der Waals surface area contributed by atoms with E-state index in [2.05, 4.69) is 32.0 Å². The maximum atomic E-state index is 4.52. The smallest absolute Gasteiger partial charge is 0.405 e. The first kappa shape index (κ1) is 16.5. The van der Waals surface area contributed by atoms with Crippen molar-refractivity contribution in [3.63, 3.8) is 0 Å². The van der Waals surface area contributed by atoms with E-state index in [-0.39, 0.29) is 29.6 Å². The topological polar surface area (TPSA) is 51.9 Å². The van der Waals surface area contributed by atoms with Gasteiger partial charge in [0.25, 0.3) is 0 Å². The number of nitrogens with one attached hydrogen (secondary N) is 1. The van der Waals surface area contributed by atoms with Crippen molar-refractivity contribution in [2.75, 3.05) is 12.4 Å². The van der Waals surface area contributed by atoms with Crippen molar-refractivity contribution < 1.29 is 29.6 Å². The number of aromatic nitrogens is 2. The van der Waals surface area contributed by atoms with Crippen molar-refractivity contribution in [3.8, 4) is 0 Å². The first-order valence-electron chi connectivity index (χ1n) is 5.31. The second-order valence-electron chi connectivity index (χ2n) is 3.81. The minimum Gasteiger partial charge on any atom is -0.405 e. The third kappa shape index (κ3) is 4.22. The molecule has 0 spiro atoms. The molecule has 4 nitrogen and oxygen atoms in total. The Morgan fingerprint density at radius 2 is 1.84 bits per heavy atom. The summed E-state index contributed by atoms with van der Waals surface area (Å²) in [7, 11) is 0.167. The number of aryl methyl sites for hydroxylation is 1. The second-order valence-corrected chi connectivity index (χ2v) is 7.31. The Kier molecular flexibility index (Phi) is 5.88. The molecule has 0 atom stereocenters. The van der Waals surface area contributed by atoms with Gasteiger partial charge >= 0.3 is 29.6 Å². The number of anilines is 1. The van der Waals surface area contributed by atoms with Crippen LogP contribution in [0.1, 0.15) is 5.01 Å². The monoisotopic (exact) mass is 302 g/mol. The van der Waals surface area contributed by atoms with E-state index < -0.39 is 9.39 Å². The number of nitrogens with zero attached hydrogens (tertiary/aromatic N) is 3. The maximum absolute atomic E-state index is 4.52. The molecule has 1 N–H and O–H groups in total. The molecule has 2 aromatic rings. The minimum atomic E-state index is -1.72. The van der Waals surface area contributed by atoms with Crippen LogP contribution < -0.4 is 34.9 Å². The first-order valence-corrected chi connectivity index (χ1v) is 8.06. The summed E-state index contributed by atoms with van der Waals surface area (Å²) in [4.78, 5) is 1.02. The molecule has 7 heteroatoms. The largest absolute Gasteiger partial charge is 1.00 e. The Labute approximate surface area is 140 Å². The molecule has 96 valence electrons. The molecule has 0 aliphatic rings. The van der Waals surface area contributed by atoms with Crippen molar-refractivity contribution in [1.29, 1.82) is 0 Å². The Bertz CT molecular complexity index is 632. The average molecular weight is 302 g/mol. The van der Waals surface area contributed by atoms with Crippen LogP contribution in [0.5, 0.6) is 0 Å². The van der Waals surface area contributed by atoms with Gasteiger partial charge in [0.1, 0.15) is 0 Å². The van der Waals surface area contributed by atoms with E-state index in [4.69, 9.17) is 0 Å². The van der Waals surface area contributed by atoms with Crippen molar-refractivity contribution in [2.24, 2.45) is 0 Å². The van der Waals surface area contributed by atoms with E-state index in [0.29, 0.717) is 5.13 Å². The SMILES string of the molecule is C=S(=C)([N-]c1nnc(C)s1)c1ccc(NC)cc1.[Na+]. The predicted molar refractivity (Wildman–Crippen MR) is 83.8 cm³/mol. The van der Waals surface area contributed by atoms with Gasteiger partial charge in [0.05, 0.1) is 5.01 Å². The Hall–Kier alpha value is -0.530. The van der Waals surface area contributed by atoms with Gasteiger partial charge in [0, 0.05) is 17.9 Å². The van der Waals surface area contributed by atoms with Gasteiger partial charge in [-0.05, 0) is 36.1 Å². The summed E-state index contributed by atoms with van der Waals surface area (Å²) in [5.74, 6) is 8.25. The predicted octanol–water partition coefficient (Wildman–Crippen LogP) is 0.540. The van der Waals surface area contributed by atoms with Crippen LogP contribution in [0.3, 0.4) is 0 Å². The van der Waals surface area contributed by atoms with Gasteiger partial charge in [-0.15, -0.1) is 11.3 Å². The third-order valence-corrected chi connectivity index (χ3v) is 4.87. The van der Waals surface area contributed by atoms with Crippen molar-refractivity contribution in [1.82, 2.24) is 10.2 Å². The van der Waals surface area contributed by atoms with Crippen molar-refractivity contribution in [3.05, 3.63) is 34.0 Å². The van der Waals surface area contributed by atoms with Crippen LogP contribution >= 0.6 is 20.7 Å². The number of rotatable bonds is 4. The van der Waals surface area contributed by atoms with E-state index in [9.17, 15) is 0 Å². The van der Waals surface area contributed by atoms with Gasteiger partial charge in [0.2, 0.25) is 0 Å². The van der Waals surface area contributed by atoms with Crippen LogP contribution in [0.2, 0.25) is 0 Å². The van der Waals surface area contributed by atoms with Crippen LogP contribution in [-0.2, 0) is 0 Å². The molecular weight excluding hydrogens is 287 g/mol. The number of hydrogen-bond acceptors (Lipinski definition) is 4. The molecule has 0 amide bonds. The molecule has 0 unspecified atom stereocenters. The van der Waals surface area contributed by atoms with E-state index in [0.717, 1.165) is 15.6 Å². The van der Waals surface area contributed by atoms with E-state index >= 15 is 0 Å². The van der Waals surface area contributed by atoms with Crippen molar-refractivity contribution in [2.45, 2.75) is 11.8 Å². The molecule has 0 bridgehead atoms. The van der Waals surface area contributed by atoms with Gasteiger partial charge in [-0.25, -0.2) is 0 Å². The summed E-state index contributed by atoms with van der Waals surface area (Å²) in [6.07, 6.45) is 0. The Morgan fingerprint density at radius 1 is 1.21 bits per heavy atom. The summed E-state index contributed by atoms with van der Waals surface area (Å²) >= 11 is 1.46.